The van der Waals surface area contributed by atoms with Gasteiger partial charge in [0.1, 0.15) is 0 Å². The Morgan fingerprint density at radius 3 is 2.67 bits per heavy atom. The Labute approximate surface area is 144 Å². The third-order valence-corrected chi connectivity index (χ3v) is 8.34. The summed E-state index contributed by atoms with van der Waals surface area (Å²) in [5, 5.41) is 20.1. The molecule has 24 heavy (non-hydrogen) atoms. The second-order valence-corrected chi connectivity index (χ2v) is 9.36. The van der Waals surface area contributed by atoms with Crippen molar-refractivity contribution in [2.75, 3.05) is 0 Å². The van der Waals surface area contributed by atoms with E-state index in [1.165, 1.54) is 5.57 Å². The van der Waals surface area contributed by atoms with Crippen LogP contribution in [0.5, 0.6) is 0 Å². The average molecular weight is 330 g/mol. The van der Waals surface area contributed by atoms with Crippen LogP contribution in [0.15, 0.2) is 23.5 Å². The normalized spacial score (nSPS) is 52.5. The van der Waals surface area contributed by atoms with E-state index in [0.717, 1.165) is 38.4 Å². The first-order valence-electron chi connectivity index (χ1n) is 9.59. The van der Waals surface area contributed by atoms with Gasteiger partial charge in [-0.15, -0.1) is 0 Å². The second kappa shape index (κ2) is 5.20. The van der Waals surface area contributed by atoms with E-state index in [2.05, 4.69) is 20.8 Å². The van der Waals surface area contributed by atoms with Crippen LogP contribution in [-0.2, 0) is 4.79 Å². The molecular formula is C21H30O3. The summed E-state index contributed by atoms with van der Waals surface area (Å²) in [4.78, 5) is 12.3. The molecule has 3 nitrogen and oxygen atoms in total. The summed E-state index contributed by atoms with van der Waals surface area (Å²) in [6.07, 6.45) is 8.82. The highest BCUT2D eigenvalue weighted by Gasteiger charge is 2.60. The molecule has 3 fully saturated rings. The molecule has 0 aromatic carbocycles. The first-order chi connectivity index (χ1) is 11.3. The van der Waals surface area contributed by atoms with Gasteiger partial charge in [0, 0.05) is 5.57 Å². The molecule has 4 aliphatic rings. The minimum absolute atomic E-state index is 0.00721. The fourth-order valence-electron chi connectivity index (χ4n) is 7.06. The topological polar surface area (TPSA) is 57.5 Å². The Bertz CT molecular complexity index is 633. The van der Waals surface area contributed by atoms with Gasteiger partial charge in [-0.2, -0.15) is 0 Å². The number of allylic oxidation sites excluding steroid dienone is 2. The summed E-state index contributed by atoms with van der Waals surface area (Å²) in [5.74, 6) is 2.21. The van der Waals surface area contributed by atoms with Crippen LogP contribution in [0, 0.1) is 34.5 Å². The van der Waals surface area contributed by atoms with E-state index in [-0.39, 0.29) is 22.7 Å². The zero-order valence-corrected chi connectivity index (χ0v) is 15.1. The lowest BCUT2D eigenvalue weighted by molar-refractivity contribution is -0.114. The van der Waals surface area contributed by atoms with Crippen molar-refractivity contribution in [3.05, 3.63) is 23.5 Å². The molecule has 0 radical (unpaired) electrons. The number of carbonyl (C=O) groups is 1. The summed E-state index contributed by atoms with van der Waals surface area (Å²) >= 11 is 0. The van der Waals surface area contributed by atoms with Crippen LogP contribution in [0.3, 0.4) is 0 Å². The molecule has 2 N–H and O–H groups in total. The zero-order chi connectivity index (χ0) is 17.3. The molecule has 0 saturated heterocycles. The quantitative estimate of drug-likeness (QED) is 0.517. The van der Waals surface area contributed by atoms with Crippen molar-refractivity contribution in [2.45, 2.75) is 65.4 Å². The number of aliphatic hydroxyl groups is 2. The maximum atomic E-state index is 12.3. The molecule has 0 spiro atoms. The van der Waals surface area contributed by atoms with Crippen molar-refractivity contribution >= 4 is 5.78 Å². The summed E-state index contributed by atoms with van der Waals surface area (Å²) < 4.78 is 0. The molecule has 3 heteroatoms. The molecule has 0 aliphatic heterocycles. The molecule has 132 valence electrons. The van der Waals surface area contributed by atoms with Crippen molar-refractivity contribution in [3.8, 4) is 0 Å². The van der Waals surface area contributed by atoms with Gasteiger partial charge in [-0.3, -0.25) is 4.79 Å². The molecule has 0 heterocycles. The molecular weight excluding hydrogens is 300 g/mol. The Balaban J connectivity index is 1.76. The lowest BCUT2D eigenvalue weighted by Gasteiger charge is -2.59. The number of aliphatic hydroxyl groups excluding tert-OH is 2. The van der Waals surface area contributed by atoms with Gasteiger partial charge in [-0.05, 0) is 79.1 Å². The van der Waals surface area contributed by atoms with Gasteiger partial charge in [0.15, 0.2) is 5.78 Å². The number of carbonyl (C=O) groups excluding carboxylic acids is 1. The highest BCUT2D eigenvalue weighted by atomic mass is 16.3. The van der Waals surface area contributed by atoms with E-state index in [0.29, 0.717) is 35.7 Å². The number of rotatable bonds is 0. The van der Waals surface area contributed by atoms with Crippen LogP contribution in [0.2, 0.25) is 0 Å². The highest BCUT2D eigenvalue weighted by molar-refractivity contribution is 6.05. The van der Waals surface area contributed by atoms with E-state index < -0.39 is 0 Å². The molecule has 0 amide bonds. The lowest BCUT2D eigenvalue weighted by Crippen LogP contribution is -2.53. The summed E-state index contributed by atoms with van der Waals surface area (Å²) in [6.45, 7) is 6.88. The maximum absolute atomic E-state index is 12.3. The van der Waals surface area contributed by atoms with Gasteiger partial charge < -0.3 is 10.2 Å². The van der Waals surface area contributed by atoms with Crippen LogP contribution in [0.25, 0.3) is 0 Å². The monoisotopic (exact) mass is 330 g/mol. The van der Waals surface area contributed by atoms with E-state index in [4.69, 9.17) is 0 Å². The van der Waals surface area contributed by atoms with E-state index in [1.807, 2.05) is 6.08 Å². The summed E-state index contributed by atoms with van der Waals surface area (Å²) in [7, 11) is 0. The van der Waals surface area contributed by atoms with Crippen molar-refractivity contribution in [2.24, 2.45) is 34.5 Å². The lowest BCUT2D eigenvalue weighted by atomic mass is 9.45. The summed E-state index contributed by atoms with van der Waals surface area (Å²) in [5.41, 5.74) is 1.94. The molecule has 0 unspecified atom stereocenters. The Morgan fingerprint density at radius 1 is 1.21 bits per heavy atom. The van der Waals surface area contributed by atoms with Crippen molar-refractivity contribution < 1.29 is 15.0 Å². The minimum Gasteiger partial charge on any atom is -0.515 e. The van der Waals surface area contributed by atoms with E-state index in [1.54, 1.807) is 0 Å². The Kier molecular flexibility index (Phi) is 3.55. The maximum Gasteiger partial charge on any atom is 0.184 e. The number of hydrogen-bond donors (Lipinski definition) is 2. The molecule has 4 rings (SSSR count). The first kappa shape index (κ1) is 16.4. The van der Waals surface area contributed by atoms with Crippen LogP contribution < -0.4 is 0 Å². The van der Waals surface area contributed by atoms with E-state index >= 15 is 0 Å². The van der Waals surface area contributed by atoms with Crippen LogP contribution in [0.4, 0.5) is 0 Å². The third kappa shape index (κ3) is 1.97. The van der Waals surface area contributed by atoms with Crippen molar-refractivity contribution in [1.82, 2.24) is 0 Å². The van der Waals surface area contributed by atoms with Gasteiger partial charge in [-0.25, -0.2) is 0 Å². The predicted octanol–water partition coefficient (Wildman–Crippen LogP) is 4.18. The van der Waals surface area contributed by atoms with Gasteiger partial charge in [0.05, 0.1) is 12.4 Å². The summed E-state index contributed by atoms with van der Waals surface area (Å²) in [6, 6.07) is 0. The molecule has 7 atom stereocenters. The fraction of sp³-hybridized carbons (Fsp3) is 0.762. The molecule has 0 aromatic rings. The molecule has 0 bridgehead atoms. The number of fused-ring (bicyclic) bond motifs is 5. The first-order valence-corrected chi connectivity index (χ1v) is 9.59. The third-order valence-electron chi connectivity index (χ3n) is 8.34. The second-order valence-electron chi connectivity index (χ2n) is 9.36. The van der Waals surface area contributed by atoms with Gasteiger partial charge in [0.25, 0.3) is 0 Å². The largest absolute Gasteiger partial charge is 0.515 e. The number of hydrogen-bond acceptors (Lipinski definition) is 3. The smallest absolute Gasteiger partial charge is 0.184 e. The molecule has 3 saturated carbocycles. The Hall–Kier alpha value is -1.09. The Morgan fingerprint density at radius 2 is 1.96 bits per heavy atom. The SMILES string of the molecule is C[C@H]1C[C@H]2[C@@H]3CC[C@H](O)[C@@]3(C)CC[C@@H]2[C@@]2(C)C/C(=C/O)C(=O)C=C12. The standard InChI is InChI=1S/C21H30O3/c1-12-8-14-15-4-5-19(24)20(15,2)7-6-16(14)21(3)10-13(11-22)18(23)9-17(12)21/h9,11-12,14-16,19,22,24H,4-8,10H2,1-3H3/b13-11-/t12-,14-,15-,16-,19-,20-,21+/m0/s1. The molecule has 0 aromatic heterocycles. The average Bonchev–Trinajstić information content (AvgIpc) is 2.84. The molecule has 4 aliphatic carbocycles. The van der Waals surface area contributed by atoms with Crippen molar-refractivity contribution in [3.63, 3.8) is 0 Å². The van der Waals surface area contributed by atoms with Crippen LogP contribution in [0.1, 0.15) is 59.3 Å². The van der Waals surface area contributed by atoms with Gasteiger partial charge >= 0.3 is 0 Å². The van der Waals surface area contributed by atoms with Gasteiger partial charge in [-0.1, -0.05) is 26.3 Å². The van der Waals surface area contributed by atoms with E-state index in [9.17, 15) is 15.0 Å². The van der Waals surface area contributed by atoms with Gasteiger partial charge in [0.2, 0.25) is 0 Å². The van der Waals surface area contributed by atoms with Crippen LogP contribution >= 0.6 is 0 Å². The van der Waals surface area contributed by atoms with Crippen LogP contribution in [-0.4, -0.2) is 22.1 Å². The highest BCUT2D eigenvalue weighted by Crippen LogP contribution is 2.66. The van der Waals surface area contributed by atoms with Crippen molar-refractivity contribution in [1.29, 1.82) is 0 Å². The zero-order valence-electron chi connectivity index (χ0n) is 15.1. The fourth-order valence-corrected chi connectivity index (χ4v) is 7.06. The number of ketones is 1. The predicted molar refractivity (Wildman–Crippen MR) is 93.4 cm³/mol. The minimum atomic E-state index is -0.149.